The molecule has 2 rings (SSSR count). The molecule has 0 radical (unpaired) electrons. The second-order valence-electron chi connectivity index (χ2n) is 4.03. The topological polar surface area (TPSA) is 18.5 Å². The van der Waals surface area contributed by atoms with Crippen LogP contribution >= 0.6 is 0 Å². The fraction of sp³-hybridized carbons (Fsp3) is 0.800. The Balaban J connectivity index is 2.10. The molecule has 0 aliphatic carbocycles. The first kappa shape index (κ1) is 8.27. The normalized spacial score (nSPS) is 46.2. The zero-order chi connectivity index (χ0) is 8.72. The van der Waals surface area contributed by atoms with E-state index in [9.17, 15) is 0 Å². The van der Waals surface area contributed by atoms with Crippen LogP contribution in [0.5, 0.6) is 0 Å². The van der Waals surface area contributed by atoms with E-state index in [1.807, 2.05) is 0 Å². The fourth-order valence-corrected chi connectivity index (χ4v) is 2.11. The van der Waals surface area contributed by atoms with Gasteiger partial charge in [0.1, 0.15) is 0 Å². The average molecular weight is 168 g/mol. The molecule has 2 aliphatic heterocycles. The molecule has 12 heavy (non-hydrogen) atoms. The first-order chi connectivity index (χ1) is 5.70. The van der Waals surface area contributed by atoms with Crippen molar-refractivity contribution in [3.05, 3.63) is 12.2 Å². The maximum absolute atomic E-state index is 5.68. The van der Waals surface area contributed by atoms with Gasteiger partial charge in [0.25, 0.3) is 0 Å². The minimum Gasteiger partial charge on any atom is -0.374 e. The van der Waals surface area contributed by atoms with Gasteiger partial charge in [-0.15, -0.1) is 0 Å². The summed E-state index contributed by atoms with van der Waals surface area (Å²) in [6.07, 6.45) is 0.615. The number of hydrogen-bond donors (Lipinski definition) is 0. The SMILES string of the molecule is C=C(C)[C@@H]1COC2C1OC[C@@H]2C. The van der Waals surface area contributed by atoms with Gasteiger partial charge in [-0.2, -0.15) is 0 Å². The maximum atomic E-state index is 5.68. The standard InChI is InChI=1S/C10H16O2/c1-6(2)8-5-12-9-7(3)4-11-10(8)9/h7-10H,1,4-5H2,2-3H3/t7-,8-,9?,10?/m0/s1. The lowest BCUT2D eigenvalue weighted by Crippen LogP contribution is -2.25. The molecule has 0 aromatic rings. The number of fused-ring (bicyclic) bond motifs is 1. The first-order valence-corrected chi connectivity index (χ1v) is 4.58. The molecular formula is C10H16O2. The van der Waals surface area contributed by atoms with E-state index >= 15 is 0 Å². The van der Waals surface area contributed by atoms with Crippen LogP contribution in [0.25, 0.3) is 0 Å². The van der Waals surface area contributed by atoms with Crippen LogP contribution < -0.4 is 0 Å². The summed E-state index contributed by atoms with van der Waals surface area (Å²) in [5, 5.41) is 0. The van der Waals surface area contributed by atoms with Crippen molar-refractivity contribution in [3.8, 4) is 0 Å². The van der Waals surface area contributed by atoms with Gasteiger partial charge < -0.3 is 9.47 Å². The van der Waals surface area contributed by atoms with Gasteiger partial charge in [-0.1, -0.05) is 19.1 Å². The second-order valence-corrected chi connectivity index (χ2v) is 4.03. The molecule has 2 unspecified atom stereocenters. The molecule has 0 N–H and O–H groups in total. The average Bonchev–Trinajstić information content (AvgIpc) is 2.53. The maximum Gasteiger partial charge on any atom is 0.0927 e. The highest BCUT2D eigenvalue weighted by atomic mass is 16.6. The van der Waals surface area contributed by atoms with Crippen molar-refractivity contribution in [1.29, 1.82) is 0 Å². The van der Waals surface area contributed by atoms with Crippen molar-refractivity contribution in [2.24, 2.45) is 11.8 Å². The van der Waals surface area contributed by atoms with Crippen molar-refractivity contribution in [2.45, 2.75) is 26.1 Å². The third-order valence-corrected chi connectivity index (χ3v) is 2.93. The van der Waals surface area contributed by atoms with Gasteiger partial charge in [0.15, 0.2) is 0 Å². The van der Waals surface area contributed by atoms with E-state index in [2.05, 4.69) is 20.4 Å². The molecule has 0 saturated carbocycles. The van der Waals surface area contributed by atoms with E-state index in [1.54, 1.807) is 0 Å². The van der Waals surface area contributed by atoms with Gasteiger partial charge in [0.05, 0.1) is 25.4 Å². The largest absolute Gasteiger partial charge is 0.374 e. The van der Waals surface area contributed by atoms with E-state index in [4.69, 9.17) is 9.47 Å². The fourth-order valence-electron chi connectivity index (χ4n) is 2.11. The third kappa shape index (κ3) is 1.10. The zero-order valence-corrected chi connectivity index (χ0v) is 7.75. The quantitative estimate of drug-likeness (QED) is 0.554. The Hall–Kier alpha value is -0.340. The number of ether oxygens (including phenoxy) is 2. The second kappa shape index (κ2) is 2.86. The molecule has 2 saturated heterocycles. The van der Waals surface area contributed by atoms with Gasteiger partial charge in [-0.3, -0.25) is 0 Å². The summed E-state index contributed by atoms with van der Waals surface area (Å²) < 4.78 is 11.4. The summed E-state index contributed by atoms with van der Waals surface area (Å²) in [4.78, 5) is 0. The van der Waals surface area contributed by atoms with E-state index < -0.39 is 0 Å². The molecule has 0 spiro atoms. The molecule has 0 amide bonds. The molecule has 0 aromatic carbocycles. The van der Waals surface area contributed by atoms with Crippen molar-refractivity contribution in [1.82, 2.24) is 0 Å². The van der Waals surface area contributed by atoms with E-state index in [0.717, 1.165) is 13.2 Å². The Labute approximate surface area is 73.5 Å². The first-order valence-electron chi connectivity index (χ1n) is 4.58. The van der Waals surface area contributed by atoms with Crippen LogP contribution in [0.4, 0.5) is 0 Å². The lowest BCUT2D eigenvalue weighted by atomic mass is 9.93. The predicted molar refractivity (Wildman–Crippen MR) is 46.9 cm³/mol. The van der Waals surface area contributed by atoms with Crippen molar-refractivity contribution in [2.75, 3.05) is 13.2 Å². The summed E-state index contributed by atoms with van der Waals surface area (Å²) in [5.41, 5.74) is 1.19. The van der Waals surface area contributed by atoms with Gasteiger partial charge in [-0.25, -0.2) is 0 Å². The van der Waals surface area contributed by atoms with Gasteiger partial charge in [-0.05, 0) is 6.92 Å². The predicted octanol–water partition coefficient (Wildman–Crippen LogP) is 1.61. The van der Waals surface area contributed by atoms with Gasteiger partial charge >= 0.3 is 0 Å². The molecule has 2 heterocycles. The molecule has 2 fully saturated rings. The van der Waals surface area contributed by atoms with Crippen molar-refractivity contribution in [3.63, 3.8) is 0 Å². The molecule has 4 atom stereocenters. The highest BCUT2D eigenvalue weighted by Gasteiger charge is 2.45. The lowest BCUT2D eigenvalue weighted by molar-refractivity contribution is 0.0635. The zero-order valence-electron chi connectivity index (χ0n) is 7.75. The summed E-state index contributed by atoms with van der Waals surface area (Å²) in [6.45, 7) is 9.85. The minimum atomic E-state index is 0.289. The van der Waals surface area contributed by atoms with Crippen LogP contribution in [0, 0.1) is 11.8 Å². The molecule has 68 valence electrons. The molecule has 2 heteroatoms. The Morgan fingerprint density at radius 2 is 1.92 bits per heavy atom. The monoisotopic (exact) mass is 168 g/mol. The van der Waals surface area contributed by atoms with Crippen LogP contribution in [0.15, 0.2) is 12.2 Å². The summed E-state index contributed by atoms with van der Waals surface area (Å²) in [6, 6.07) is 0. The molecule has 0 bridgehead atoms. The smallest absolute Gasteiger partial charge is 0.0927 e. The van der Waals surface area contributed by atoms with Crippen LogP contribution in [-0.2, 0) is 9.47 Å². The Morgan fingerprint density at radius 1 is 1.25 bits per heavy atom. The Kier molecular flexibility index (Phi) is 1.97. The van der Waals surface area contributed by atoms with Crippen molar-refractivity contribution >= 4 is 0 Å². The van der Waals surface area contributed by atoms with Gasteiger partial charge in [0.2, 0.25) is 0 Å². The van der Waals surface area contributed by atoms with E-state index in [1.165, 1.54) is 5.57 Å². The molecule has 2 aliphatic rings. The summed E-state index contributed by atoms with van der Waals surface area (Å²) in [5.74, 6) is 0.985. The molecular weight excluding hydrogens is 152 g/mol. The van der Waals surface area contributed by atoms with E-state index in [-0.39, 0.29) is 6.10 Å². The number of hydrogen-bond acceptors (Lipinski definition) is 2. The van der Waals surface area contributed by atoms with Gasteiger partial charge in [0, 0.05) is 11.8 Å². The van der Waals surface area contributed by atoms with Crippen LogP contribution in [-0.4, -0.2) is 25.4 Å². The minimum absolute atomic E-state index is 0.289. The molecule has 2 nitrogen and oxygen atoms in total. The summed E-state index contributed by atoms with van der Waals surface area (Å²) >= 11 is 0. The van der Waals surface area contributed by atoms with Crippen LogP contribution in [0.3, 0.4) is 0 Å². The highest BCUT2D eigenvalue weighted by Crippen LogP contribution is 2.36. The summed E-state index contributed by atoms with van der Waals surface area (Å²) in [7, 11) is 0. The third-order valence-electron chi connectivity index (χ3n) is 2.93. The number of rotatable bonds is 1. The Morgan fingerprint density at radius 3 is 2.58 bits per heavy atom. The highest BCUT2D eigenvalue weighted by molar-refractivity contribution is 5.07. The van der Waals surface area contributed by atoms with Crippen LogP contribution in [0.1, 0.15) is 13.8 Å². The van der Waals surface area contributed by atoms with Crippen LogP contribution in [0.2, 0.25) is 0 Å². The molecule has 0 aromatic heterocycles. The van der Waals surface area contributed by atoms with E-state index in [0.29, 0.717) is 17.9 Å². The lowest BCUT2D eigenvalue weighted by Gasteiger charge is -2.15. The Bertz CT molecular complexity index is 200. The van der Waals surface area contributed by atoms with Crippen molar-refractivity contribution < 1.29 is 9.47 Å².